The van der Waals surface area contributed by atoms with Crippen molar-refractivity contribution in [3.8, 4) is 0 Å². The number of ether oxygens (including phenoxy) is 17. The molecule has 2 aliphatic heterocycles. The third-order valence-electron chi connectivity index (χ3n) is 18.4. The van der Waals surface area contributed by atoms with E-state index in [1.54, 1.807) is 21.3 Å². The van der Waals surface area contributed by atoms with Crippen molar-refractivity contribution in [1.29, 1.82) is 0 Å². The topological polar surface area (TPSA) is 332 Å². The van der Waals surface area contributed by atoms with Crippen molar-refractivity contribution in [2.75, 3.05) is 330 Å². The number of aliphatic hydroxyl groups is 2. The van der Waals surface area contributed by atoms with Crippen LogP contribution in [0.5, 0.6) is 0 Å². The Balaban J connectivity index is 3.04. The Morgan fingerprint density at radius 2 is 0.446 bits per heavy atom. The first-order valence-corrected chi connectivity index (χ1v) is 43.9. The number of methoxy groups -OCH3 is 3. The van der Waals surface area contributed by atoms with Gasteiger partial charge in [-0.1, -0.05) is 6.92 Å². The number of aliphatic hydroxyl groups excluding tert-OH is 2. The van der Waals surface area contributed by atoms with E-state index in [2.05, 4.69) is 19.6 Å². The van der Waals surface area contributed by atoms with Crippen LogP contribution in [0.1, 0.15) is 138 Å². The van der Waals surface area contributed by atoms with Crippen molar-refractivity contribution in [3.63, 3.8) is 0 Å². The van der Waals surface area contributed by atoms with Crippen LogP contribution in [-0.2, 0) is 109 Å². The van der Waals surface area contributed by atoms with E-state index in [4.69, 9.17) is 80.5 Å². The highest BCUT2D eigenvalue weighted by Crippen LogP contribution is 2.18. The molecule has 3 atom stereocenters. The highest BCUT2D eigenvalue weighted by Gasteiger charge is 2.33. The molecule has 0 aromatic heterocycles. The molecule has 2 N–H and O–H groups in total. The molecule has 0 bridgehead atoms. The van der Waals surface area contributed by atoms with E-state index >= 15 is 0 Å². The minimum absolute atomic E-state index is 0.0202. The van der Waals surface area contributed by atoms with E-state index in [1.807, 2.05) is 161 Å². The molecule has 0 radical (unpaired) electrons. The fourth-order valence-electron chi connectivity index (χ4n) is 13.0. The summed E-state index contributed by atoms with van der Waals surface area (Å²) in [7, 11) is 4.83. The Kier molecular flexibility index (Phi) is 58.0. The van der Waals surface area contributed by atoms with Gasteiger partial charge in [0.25, 0.3) is 0 Å². The lowest BCUT2D eigenvalue weighted by Crippen LogP contribution is -2.55. The molecule has 0 aliphatic carbocycles. The number of β-amino-alcohol motifs (C(OH)–C–C–N with tert-alkyl or cyclic N) is 2. The van der Waals surface area contributed by atoms with Gasteiger partial charge in [-0.05, 0) is 131 Å². The Labute approximate surface area is 727 Å². The Morgan fingerprint density at radius 1 is 0.273 bits per heavy atom. The molecule has 35 heteroatoms. The molecule has 2 heterocycles. The van der Waals surface area contributed by atoms with Crippen LogP contribution >= 0.6 is 0 Å². The molecule has 712 valence electrons. The van der Waals surface area contributed by atoms with Crippen LogP contribution in [0.15, 0.2) is 0 Å². The zero-order chi connectivity index (χ0) is 90.5. The minimum atomic E-state index is -1.05. The number of esters is 6. The lowest BCUT2D eigenvalue weighted by atomic mass is 10.1. The predicted octanol–water partition coefficient (Wildman–Crippen LogP) is 3.02. The largest absolute Gasteiger partial charge is 0.459 e. The SMILES string of the molecule is CCCOCCOCC(COCCOCCOC)N(CCN(CC(O)CN1CCN(CC(=O)OC(C)(C)C)CCN(CC(=O)OC(C)(C)C)CCN(CC(=O)OC(C)(C)C)CC1)C(COCCOCCOC)COCCOCCOC)CC(O)CN1CCN(CC(=O)OC(C)(C)C)CCN(CC(=O)OC(C)(C)C)CCN(CC(=O)OC(C)(C)C)CC1. The smallest absolute Gasteiger partial charge is 0.320 e. The van der Waals surface area contributed by atoms with Gasteiger partial charge >= 0.3 is 35.8 Å². The van der Waals surface area contributed by atoms with Gasteiger partial charge in [0.2, 0.25) is 0 Å². The van der Waals surface area contributed by atoms with E-state index in [9.17, 15) is 39.0 Å². The zero-order valence-electron chi connectivity index (χ0n) is 79.0. The maximum absolute atomic E-state index is 13.8. The van der Waals surface area contributed by atoms with E-state index in [0.29, 0.717) is 158 Å². The van der Waals surface area contributed by atoms with Gasteiger partial charge in [0.1, 0.15) is 33.6 Å². The Morgan fingerprint density at radius 3 is 0.628 bits per heavy atom. The van der Waals surface area contributed by atoms with Gasteiger partial charge in [0.05, 0.1) is 182 Å². The second-order valence-corrected chi connectivity index (χ2v) is 37.1. The van der Waals surface area contributed by atoms with Gasteiger partial charge in [0.15, 0.2) is 0 Å². The number of carbonyl (C=O) groups is 6. The summed E-state index contributed by atoms with van der Waals surface area (Å²) < 4.78 is 100. The molecule has 0 saturated carbocycles. The maximum Gasteiger partial charge on any atom is 0.320 e. The molecule has 3 unspecified atom stereocenters. The van der Waals surface area contributed by atoms with Gasteiger partial charge in [-0.15, -0.1) is 0 Å². The summed E-state index contributed by atoms with van der Waals surface area (Å²) in [5.41, 5.74) is -4.48. The third kappa shape index (κ3) is 63.5. The van der Waals surface area contributed by atoms with Crippen molar-refractivity contribution in [3.05, 3.63) is 0 Å². The first-order valence-electron chi connectivity index (χ1n) is 43.9. The van der Waals surface area contributed by atoms with Crippen LogP contribution in [0.4, 0.5) is 0 Å². The average Bonchev–Trinajstić information content (AvgIpc) is 0.862. The monoisotopic (exact) mass is 1740 g/mol. The van der Waals surface area contributed by atoms with Crippen LogP contribution in [0.3, 0.4) is 0 Å². The average molecular weight is 1740 g/mol. The zero-order valence-corrected chi connectivity index (χ0v) is 79.0. The molecule has 0 aromatic carbocycles. The molecular formula is C86H168N10O25. The fraction of sp³-hybridized carbons (Fsp3) is 0.930. The molecule has 2 rings (SSSR count). The summed E-state index contributed by atoms with van der Waals surface area (Å²) in [4.78, 5) is 103. The van der Waals surface area contributed by atoms with Crippen LogP contribution in [0.2, 0.25) is 0 Å². The fourth-order valence-corrected chi connectivity index (χ4v) is 13.0. The summed E-state index contributed by atoms with van der Waals surface area (Å²) in [6, 6.07) is -0.999. The number of rotatable bonds is 56. The Hall–Kier alpha value is -4.10. The molecule has 0 amide bonds. The van der Waals surface area contributed by atoms with Crippen molar-refractivity contribution < 1.29 is 120 Å². The van der Waals surface area contributed by atoms with Crippen molar-refractivity contribution >= 4 is 35.8 Å². The van der Waals surface area contributed by atoms with Crippen molar-refractivity contribution in [2.24, 2.45) is 0 Å². The lowest BCUT2D eigenvalue weighted by molar-refractivity contribution is -0.158. The number of hydrogen-bond donors (Lipinski definition) is 2. The standard InChI is InChI=1S/C86H168N10O25/c1-23-42-108-49-53-112-67-71(68-113-54-50-109-46-43-105-20)95(59-73(97)57-87-24-28-89(61-75(99)116-81(2,3)4)32-36-93(65-79(103)120-85(14,15)16)37-33-90(29-25-87)62-76(100)117-82(5,6)7)40-41-96(72(69-114-55-51-110-47-44-106-21)70-115-56-52-111-48-45-107-22)60-74(98)58-88-26-30-91(63-77(101)118-83(8,9)10)34-38-94(66-80(104)121-86(17,18)19)39-35-92(31-27-88)64-78(102)119-84(11,12)13/h71-74,97-98H,23-70H2,1-22H3. The van der Waals surface area contributed by atoms with E-state index in [-0.39, 0.29) is 151 Å². The maximum atomic E-state index is 13.8. The molecule has 2 fully saturated rings. The van der Waals surface area contributed by atoms with Crippen LogP contribution in [0.25, 0.3) is 0 Å². The third-order valence-corrected chi connectivity index (χ3v) is 18.4. The van der Waals surface area contributed by atoms with Gasteiger partial charge in [-0.3, -0.25) is 77.8 Å². The summed E-state index contributed by atoms with van der Waals surface area (Å²) in [5, 5.41) is 26.1. The van der Waals surface area contributed by atoms with E-state index in [0.717, 1.165) is 6.42 Å². The summed E-state index contributed by atoms with van der Waals surface area (Å²) >= 11 is 0. The lowest BCUT2D eigenvalue weighted by Gasteiger charge is -2.39. The van der Waals surface area contributed by atoms with E-state index in [1.165, 1.54) is 0 Å². The number of nitrogens with zero attached hydrogens (tertiary/aromatic N) is 10. The Bertz CT molecular complexity index is 2620. The summed E-state index contributed by atoms with van der Waals surface area (Å²) in [6.45, 7) is 47.2. The molecule has 121 heavy (non-hydrogen) atoms. The first kappa shape index (κ1) is 113. The molecule has 0 spiro atoms. The van der Waals surface area contributed by atoms with Gasteiger partial charge in [-0.25, -0.2) is 0 Å². The first-order chi connectivity index (χ1) is 56.8. The molecule has 0 aromatic rings. The number of hydrogen-bond acceptors (Lipinski definition) is 35. The molecule has 35 nitrogen and oxygen atoms in total. The minimum Gasteiger partial charge on any atom is -0.459 e. The molecule has 2 aliphatic rings. The van der Waals surface area contributed by atoms with Gasteiger partial charge in [-0.2, -0.15) is 0 Å². The quantitative estimate of drug-likeness (QED) is 0.0502. The summed E-state index contributed by atoms with van der Waals surface area (Å²) in [6.07, 6.45) is -1.27. The van der Waals surface area contributed by atoms with Crippen molar-refractivity contribution in [1.82, 2.24) is 49.0 Å². The van der Waals surface area contributed by atoms with Crippen LogP contribution < -0.4 is 0 Å². The highest BCUT2D eigenvalue weighted by atomic mass is 16.6. The molecular weight excluding hydrogens is 1570 g/mol. The van der Waals surface area contributed by atoms with E-state index < -0.39 is 93.7 Å². The van der Waals surface area contributed by atoms with Crippen LogP contribution in [0, 0.1) is 0 Å². The predicted molar refractivity (Wildman–Crippen MR) is 462 cm³/mol. The molecule has 2 saturated heterocycles. The van der Waals surface area contributed by atoms with Crippen LogP contribution in [-0.4, -0.2) is 483 Å². The van der Waals surface area contributed by atoms with Crippen molar-refractivity contribution in [2.45, 2.75) is 196 Å². The number of carbonyl (C=O) groups excluding carboxylic acids is 6. The highest BCUT2D eigenvalue weighted by molar-refractivity contribution is 5.74. The normalized spacial score (nSPS) is 17.4. The second-order valence-electron chi connectivity index (χ2n) is 37.1. The van der Waals surface area contributed by atoms with Gasteiger partial charge in [0, 0.05) is 172 Å². The second kappa shape index (κ2) is 62.2. The summed E-state index contributed by atoms with van der Waals surface area (Å²) in [5.74, 6) is -2.45. The van der Waals surface area contributed by atoms with Gasteiger partial charge < -0.3 is 90.7 Å².